The molecule has 3 heteroatoms. The minimum atomic E-state index is 0. The van der Waals surface area contributed by atoms with Crippen molar-refractivity contribution in [1.82, 2.24) is 5.32 Å². The Kier molecular flexibility index (Phi) is 5.98. The van der Waals surface area contributed by atoms with Crippen molar-refractivity contribution in [2.75, 3.05) is 0 Å². The Morgan fingerprint density at radius 3 is 2.46 bits per heavy atom. The van der Waals surface area contributed by atoms with Crippen LogP contribution in [-0.2, 0) is 4.79 Å². The molecule has 1 atom stereocenters. The van der Waals surface area contributed by atoms with Crippen molar-refractivity contribution in [3.63, 3.8) is 0 Å². The van der Waals surface area contributed by atoms with Crippen LogP contribution in [0.15, 0.2) is 30.3 Å². The Hall–Kier alpha value is -1.02. The molecule has 0 aliphatic carbocycles. The number of benzene rings is 1. The molecule has 0 aliphatic heterocycles. The van der Waals surface area contributed by atoms with Crippen LogP contribution in [0, 0.1) is 0 Å². The lowest BCUT2D eigenvalue weighted by Crippen LogP contribution is -2.18. The third kappa shape index (κ3) is 3.47. The van der Waals surface area contributed by atoms with Gasteiger partial charge in [0.05, 0.1) is 6.04 Å². The number of hydrogen-bond acceptors (Lipinski definition) is 1. The summed E-state index contributed by atoms with van der Waals surface area (Å²) in [5.41, 5.74) is 1.16. The van der Waals surface area contributed by atoms with E-state index in [-0.39, 0.29) is 18.4 Å². The number of nitrogens with one attached hydrogen (secondary N) is 1. The number of carbonyl (C=O) groups is 1. The minimum Gasteiger partial charge on any atom is -0.352 e. The second kappa shape index (κ2) is 6.49. The van der Waals surface area contributed by atoms with Crippen LogP contribution in [0.4, 0.5) is 0 Å². The predicted molar refractivity (Wildman–Crippen MR) is 55.9 cm³/mol. The summed E-state index contributed by atoms with van der Waals surface area (Å²) >= 11 is 0. The average Bonchev–Trinajstić information content (AvgIpc) is 2.15. The highest BCUT2D eigenvalue weighted by atomic mass is 35.5. The van der Waals surface area contributed by atoms with Gasteiger partial charge in [0.2, 0.25) is 6.41 Å². The topological polar surface area (TPSA) is 29.1 Å². The van der Waals surface area contributed by atoms with E-state index in [9.17, 15) is 4.79 Å². The molecule has 1 amide bonds. The summed E-state index contributed by atoms with van der Waals surface area (Å²) in [6.45, 7) is 2.05. The Morgan fingerprint density at radius 2 is 2.00 bits per heavy atom. The Bertz CT molecular complexity index is 238. The minimum absolute atomic E-state index is 0. The zero-order valence-electron chi connectivity index (χ0n) is 7.57. The van der Waals surface area contributed by atoms with E-state index >= 15 is 0 Å². The number of hydrogen-bond donors (Lipinski definition) is 1. The second-order valence-corrected chi connectivity index (χ2v) is 2.66. The monoisotopic (exact) mass is 199 g/mol. The summed E-state index contributed by atoms with van der Waals surface area (Å²) in [5.74, 6) is 0. The molecule has 72 valence electrons. The molecule has 0 saturated heterocycles. The maximum atomic E-state index is 10.2. The molecule has 0 aliphatic rings. The SMILES string of the molecule is CC[C@H](NC=O)c1ccccc1.Cl. The molecule has 1 rings (SSSR count). The first-order valence-electron chi connectivity index (χ1n) is 4.13. The predicted octanol–water partition coefficient (Wildman–Crippen LogP) is 2.31. The maximum absolute atomic E-state index is 10.2. The zero-order valence-corrected chi connectivity index (χ0v) is 8.38. The van der Waals surface area contributed by atoms with Crippen molar-refractivity contribution >= 4 is 18.8 Å². The van der Waals surface area contributed by atoms with Crippen molar-refractivity contribution in [2.45, 2.75) is 19.4 Å². The second-order valence-electron chi connectivity index (χ2n) is 2.66. The molecule has 0 unspecified atom stereocenters. The van der Waals surface area contributed by atoms with Crippen LogP contribution >= 0.6 is 12.4 Å². The summed E-state index contributed by atoms with van der Waals surface area (Å²) < 4.78 is 0. The summed E-state index contributed by atoms with van der Waals surface area (Å²) in [5, 5.41) is 2.77. The van der Waals surface area contributed by atoms with Crippen molar-refractivity contribution in [1.29, 1.82) is 0 Å². The van der Waals surface area contributed by atoms with Gasteiger partial charge >= 0.3 is 0 Å². The highest BCUT2D eigenvalue weighted by molar-refractivity contribution is 5.85. The molecule has 0 bridgehead atoms. The Balaban J connectivity index is 0.00000144. The van der Waals surface area contributed by atoms with Gasteiger partial charge in [-0.05, 0) is 12.0 Å². The summed E-state index contributed by atoms with van der Waals surface area (Å²) in [6.07, 6.45) is 1.67. The summed E-state index contributed by atoms with van der Waals surface area (Å²) in [4.78, 5) is 10.2. The van der Waals surface area contributed by atoms with Crippen molar-refractivity contribution < 1.29 is 4.79 Å². The van der Waals surface area contributed by atoms with E-state index in [0.717, 1.165) is 18.4 Å². The molecule has 0 spiro atoms. The lowest BCUT2D eigenvalue weighted by atomic mass is 10.1. The van der Waals surface area contributed by atoms with E-state index in [2.05, 4.69) is 5.32 Å². The fourth-order valence-electron chi connectivity index (χ4n) is 1.22. The van der Waals surface area contributed by atoms with E-state index in [1.807, 2.05) is 37.3 Å². The van der Waals surface area contributed by atoms with Crippen LogP contribution in [0.1, 0.15) is 24.9 Å². The summed E-state index contributed by atoms with van der Waals surface area (Å²) in [6, 6.07) is 10.1. The standard InChI is InChI=1S/C10H13NO.ClH/c1-2-10(11-8-12)9-6-4-3-5-7-9;/h3-8,10H,2H2,1H3,(H,11,12);1H/t10-;/m0./s1. The third-order valence-corrected chi connectivity index (χ3v) is 1.88. The van der Waals surface area contributed by atoms with Crippen LogP contribution < -0.4 is 5.32 Å². The third-order valence-electron chi connectivity index (χ3n) is 1.88. The molecular formula is C10H14ClNO. The van der Waals surface area contributed by atoms with Gasteiger partial charge in [0.15, 0.2) is 0 Å². The van der Waals surface area contributed by atoms with Gasteiger partial charge in [-0.15, -0.1) is 12.4 Å². The van der Waals surface area contributed by atoms with Crippen LogP contribution in [0.2, 0.25) is 0 Å². The van der Waals surface area contributed by atoms with Gasteiger partial charge in [0.25, 0.3) is 0 Å². The van der Waals surface area contributed by atoms with E-state index in [0.29, 0.717) is 0 Å². The molecule has 13 heavy (non-hydrogen) atoms. The van der Waals surface area contributed by atoms with Gasteiger partial charge in [-0.2, -0.15) is 0 Å². The first-order chi connectivity index (χ1) is 5.88. The largest absolute Gasteiger partial charge is 0.352 e. The molecule has 0 saturated carbocycles. The average molecular weight is 200 g/mol. The van der Waals surface area contributed by atoms with E-state index < -0.39 is 0 Å². The molecule has 1 aromatic carbocycles. The van der Waals surface area contributed by atoms with Gasteiger partial charge in [-0.25, -0.2) is 0 Å². The van der Waals surface area contributed by atoms with Gasteiger partial charge in [0.1, 0.15) is 0 Å². The van der Waals surface area contributed by atoms with E-state index in [1.165, 1.54) is 0 Å². The summed E-state index contributed by atoms with van der Waals surface area (Å²) in [7, 11) is 0. The zero-order chi connectivity index (χ0) is 8.81. The quantitative estimate of drug-likeness (QED) is 0.741. The van der Waals surface area contributed by atoms with Gasteiger partial charge in [0, 0.05) is 0 Å². The maximum Gasteiger partial charge on any atom is 0.207 e. The van der Waals surface area contributed by atoms with Crippen LogP contribution in [0.5, 0.6) is 0 Å². The number of rotatable bonds is 4. The van der Waals surface area contributed by atoms with Gasteiger partial charge in [-0.3, -0.25) is 4.79 Å². The van der Waals surface area contributed by atoms with E-state index in [1.54, 1.807) is 0 Å². The van der Waals surface area contributed by atoms with Crippen LogP contribution in [-0.4, -0.2) is 6.41 Å². The highest BCUT2D eigenvalue weighted by Gasteiger charge is 2.05. The number of carbonyl (C=O) groups excluding carboxylic acids is 1. The first-order valence-corrected chi connectivity index (χ1v) is 4.13. The van der Waals surface area contributed by atoms with E-state index in [4.69, 9.17) is 0 Å². The Morgan fingerprint density at radius 1 is 1.38 bits per heavy atom. The molecule has 1 aromatic rings. The fourth-order valence-corrected chi connectivity index (χ4v) is 1.22. The van der Waals surface area contributed by atoms with Gasteiger partial charge in [-0.1, -0.05) is 37.3 Å². The molecule has 0 radical (unpaired) electrons. The molecule has 2 nitrogen and oxygen atoms in total. The first kappa shape index (κ1) is 12.0. The fraction of sp³-hybridized carbons (Fsp3) is 0.300. The molecule has 0 aromatic heterocycles. The molecule has 1 N–H and O–H groups in total. The lowest BCUT2D eigenvalue weighted by Gasteiger charge is -2.13. The highest BCUT2D eigenvalue weighted by Crippen LogP contribution is 2.14. The van der Waals surface area contributed by atoms with Crippen LogP contribution in [0.25, 0.3) is 0 Å². The van der Waals surface area contributed by atoms with Crippen molar-refractivity contribution in [3.05, 3.63) is 35.9 Å². The normalized spacial score (nSPS) is 11.2. The van der Waals surface area contributed by atoms with Crippen LogP contribution in [0.3, 0.4) is 0 Å². The van der Waals surface area contributed by atoms with Crippen molar-refractivity contribution in [2.24, 2.45) is 0 Å². The van der Waals surface area contributed by atoms with Crippen molar-refractivity contribution in [3.8, 4) is 0 Å². The molecule has 0 fully saturated rings. The lowest BCUT2D eigenvalue weighted by molar-refractivity contribution is -0.110. The number of halogens is 1. The number of amides is 1. The smallest absolute Gasteiger partial charge is 0.207 e. The molecular weight excluding hydrogens is 186 g/mol. The van der Waals surface area contributed by atoms with Gasteiger partial charge < -0.3 is 5.32 Å². The Labute approximate surface area is 84.8 Å². The molecule has 0 heterocycles.